The summed E-state index contributed by atoms with van der Waals surface area (Å²) >= 11 is 12.1. The molecule has 3 aromatic rings. The maximum atomic E-state index is 12.7. The number of benzene rings is 2. The van der Waals surface area contributed by atoms with Crippen molar-refractivity contribution in [3.8, 4) is 11.3 Å². The zero-order valence-corrected chi connectivity index (χ0v) is 19.4. The molecule has 0 saturated carbocycles. The smallest absolute Gasteiger partial charge is 0.243 e. The first kappa shape index (κ1) is 22.8. The molecule has 1 aromatic heterocycles. The number of nitrogens with zero attached hydrogens (tertiary/aromatic N) is 3. The molecular formula is C22H21Cl2N3O4S. The van der Waals surface area contributed by atoms with Crippen LogP contribution in [0.4, 0.5) is 0 Å². The highest BCUT2D eigenvalue weighted by atomic mass is 35.5. The molecule has 0 N–H and O–H groups in total. The number of sulfonamides is 1. The third kappa shape index (κ3) is 4.99. The number of carbonyl (C=O) groups excluding carboxylic acids is 1. The average molecular weight is 494 g/mol. The Hall–Kier alpha value is -2.39. The molecule has 0 unspecified atom stereocenters. The van der Waals surface area contributed by atoms with Crippen molar-refractivity contribution in [2.45, 2.75) is 17.7 Å². The number of aromatic nitrogens is 1. The van der Waals surface area contributed by atoms with Crippen LogP contribution in [0.25, 0.3) is 11.3 Å². The quantitative estimate of drug-likeness (QED) is 0.515. The van der Waals surface area contributed by atoms with E-state index < -0.39 is 10.0 Å². The Labute approximate surface area is 196 Å². The molecule has 4 rings (SSSR count). The van der Waals surface area contributed by atoms with E-state index in [0.29, 0.717) is 46.8 Å². The Morgan fingerprint density at radius 3 is 2.44 bits per heavy atom. The van der Waals surface area contributed by atoms with Gasteiger partial charge in [-0.2, -0.15) is 4.31 Å². The molecule has 0 aliphatic carbocycles. The van der Waals surface area contributed by atoms with E-state index in [2.05, 4.69) is 4.98 Å². The van der Waals surface area contributed by atoms with Gasteiger partial charge >= 0.3 is 0 Å². The number of halogens is 2. The lowest BCUT2D eigenvalue weighted by Crippen LogP contribution is -2.50. The van der Waals surface area contributed by atoms with Gasteiger partial charge in [0.05, 0.1) is 16.1 Å². The topological polar surface area (TPSA) is 83.7 Å². The van der Waals surface area contributed by atoms with E-state index in [-0.39, 0.29) is 30.3 Å². The van der Waals surface area contributed by atoms with E-state index in [0.717, 1.165) is 0 Å². The second kappa shape index (κ2) is 9.62. The van der Waals surface area contributed by atoms with Crippen molar-refractivity contribution >= 4 is 39.1 Å². The van der Waals surface area contributed by atoms with Crippen LogP contribution in [0.2, 0.25) is 10.0 Å². The summed E-state index contributed by atoms with van der Waals surface area (Å²) in [6, 6.07) is 13.4. The molecule has 2 heterocycles. The van der Waals surface area contributed by atoms with E-state index in [4.69, 9.17) is 27.6 Å². The van der Waals surface area contributed by atoms with Crippen LogP contribution in [-0.4, -0.2) is 54.7 Å². The summed E-state index contributed by atoms with van der Waals surface area (Å²) in [7, 11) is -3.55. The fraction of sp³-hybridized carbons (Fsp3) is 0.273. The molecule has 1 fully saturated rings. The predicted octanol–water partition coefficient (Wildman–Crippen LogP) is 4.11. The van der Waals surface area contributed by atoms with Crippen molar-refractivity contribution in [1.82, 2.24) is 14.2 Å². The van der Waals surface area contributed by atoms with Crippen LogP contribution in [0.15, 0.2) is 64.0 Å². The van der Waals surface area contributed by atoms with Gasteiger partial charge in [-0.05, 0) is 30.3 Å². The first-order valence-corrected chi connectivity index (χ1v) is 12.3. The standard InChI is InChI=1S/C22H21Cl2N3O4S/c23-16-6-7-18(19(24)14-16)20-15-25-21(31-20)8-9-22(28)26-10-12-27(13-11-26)32(29,30)17-4-2-1-3-5-17/h1-7,14-15H,8-13H2. The van der Waals surface area contributed by atoms with Crippen molar-refractivity contribution in [2.75, 3.05) is 26.2 Å². The largest absolute Gasteiger partial charge is 0.441 e. The van der Waals surface area contributed by atoms with Crippen LogP contribution in [0.3, 0.4) is 0 Å². The van der Waals surface area contributed by atoms with Crippen molar-refractivity contribution in [2.24, 2.45) is 0 Å². The van der Waals surface area contributed by atoms with Gasteiger partial charge in [0.1, 0.15) is 0 Å². The fourth-order valence-corrected chi connectivity index (χ4v) is 5.48. The summed E-state index contributed by atoms with van der Waals surface area (Å²) in [5, 5.41) is 0.986. The van der Waals surface area contributed by atoms with Crippen molar-refractivity contribution in [3.05, 3.63) is 70.7 Å². The van der Waals surface area contributed by atoms with Crippen molar-refractivity contribution in [3.63, 3.8) is 0 Å². The predicted molar refractivity (Wildman–Crippen MR) is 122 cm³/mol. The number of carbonyl (C=O) groups is 1. The lowest BCUT2D eigenvalue weighted by Gasteiger charge is -2.34. The van der Waals surface area contributed by atoms with E-state index in [9.17, 15) is 13.2 Å². The first-order chi connectivity index (χ1) is 15.3. The van der Waals surface area contributed by atoms with Gasteiger partial charge < -0.3 is 9.32 Å². The average Bonchev–Trinajstić information content (AvgIpc) is 3.27. The maximum Gasteiger partial charge on any atom is 0.243 e. The molecule has 1 saturated heterocycles. The van der Waals surface area contributed by atoms with Gasteiger partial charge in [-0.15, -0.1) is 0 Å². The van der Waals surface area contributed by atoms with Gasteiger partial charge in [-0.3, -0.25) is 4.79 Å². The molecule has 0 atom stereocenters. The minimum absolute atomic E-state index is 0.0639. The van der Waals surface area contributed by atoms with Gasteiger partial charge in [0.25, 0.3) is 0 Å². The lowest BCUT2D eigenvalue weighted by molar-refractivity contribution is -0.132. The fourth-order valence-electron chi connectivity index (χ4n) is 3.53. The first-order valence-electron chi connectivity index (χ1n) is 10.1. The molecule has 1 amide bonds. The van der Waals surface area contributed by atoms with Crippen LogP contribution in [0.1, 0.15) is 12.3 Å². The monoisotopic (exact) mass is 493 g/mol. The molecule has 1 aliphatic rings. The summed E-state index contributed by atoms with van der Waals surface area (Å²) in [6.07, 6.45) is 2.13. The van der Waals surface area contributed by atoms with E-state index in [1.807, 2.05) is 0 Å². The highest BCUT2D eigenvalue weighted by molar-refractivity contribution is 7.89. The number of piperazine rings is 1. The SMILES string of the molecule is O=C(CCc1ncc(-c2ccc(Cl)cc2Cl)o1)N1CCN(S(=O)(=O)c2ccccc2)CC1. The summed E-state index contributed by atoms with van der Waals surface area (Å²) < 4.78 is 32.6. The Kier molecular flexibility index (Phi) is 6.85. The second-order valence-electron chi connectivity index (χ2n) is 7.34. The normalized spacial score (nSPS) is 15.1. The number of amides is 1. The van der Waals surface area contributed by atoms with Gasteiger partial charge in [0, 0.05) is 49.6 Å². The van der Waals surface area contributed by atoms with Crippen LogP contribution in [0, 0.1) is 0 Å². The summed E-state index contributed by atoms with van der Waals surface area (Å²) in [6.45, 7) is 1.23. The number of hydrogen-bond donors (Lipinski definition) is 0. The number of hydrogen-bond acceptors (Lipinski definition) is 5. The van der Waals surface area contributed by atoms with Crippen LogP contribution in [0.5, 0.6) is 0 Å². The number of oxazole rings is 1. The molecule has 32 heavy (non-hydrogen) atoms. The molecule has 0 radical (unpaired) electrons. The zero-order chi connectivity index (χ0) is 22.7. The molecular weight excluding hydrogens is 473 g/mol. The molecule has 0 spiro atoms. The Morgan fingerprint density at radius 1 is 1.03 bits per heavy atom. The van der Waals surface area contributed by atoms with Gasteiger partial charge in [-0.1, -0.05) is 41.4 Å². The zero-order valence-electron chi connectivity index (χ0n) is 17.1. The van der Waals surface area contributed by atoms with Crippen LogP contribution < -0.4 is 0 Å². The van der Waals surface area contributed by atoms with E-state index in [1.165, 1.54) is 4.31 Å². The molecule has 168 valence electrons. The molecule has 7 nitrogen and oxygen atoms in total. The third-order valence-electron chi connectivity index (χ3n) is 5.28. The highest BCUT2D eigenvalue weighted by Crippen LogP contribution is 2.31. The number of aryl methyl sites for hydroxylation is 1. The summed E-state index contributed by atoms with van der Waals surface area (Å²) in [5.74, 6) is 0.879. The highest BCUT2D eigenvalue weighted by Gasteiger charge is 2.30. The van der Waals surface area contributed by atoms with Gasteiger partial charge in [0.15, 0.2) is 11.7 Å². The molecule has 1 aliphatic heterocycles. The van der Waals surface area contributed by atoms with E-state index >= 15 is 0 Å². The number of rotatable bonds is 6. The van der Waals surface area contributed by atoms with Gasteiger partial charge in [0.2, 0.25) is 15.9 Å². The van der Waals surface area contributed by atoms with Crippen LogP contribution in [-0.2, 0) is 21.2 Å². The summed E-state index contributed by atoms with van der Waals surface area (Å²) in [4.78, 5) is 18.8. The van der Waals surface area contributed by atoms with Crippen LogP contribution >= 0.6 is 23.2 Å². The Morgan fingerprint density at radius 2 is 1.75 bits per heavy atom. The Balaban J connectivity index is 1.31. The minimum atomic E-state index is -3.55. The van der Waals surface area contributed by atoms with Gasteiger partial charge in [-0.25, -0.2) is 13.4 Å². The summed E-state index contributed by atoms with van der Waals surface area (Å²) in [5.41, 5.74) is 0.678. The van der Waals surface area contributed by atoms with Crippen molar-refractivity contribution < 1.29 is 17.6 Å². The lowest BCUT2D eigenvalue weighted by atomic mass is 10.2. The Bertz CT molecular complexity index is 1210. The molecule has 0 bridgehead atoms. The third-order valence-corrected chi connectivity index (χ3v) is 7.74. The maximum absolute atomic E-state index is 12.7. The second-order valence-corrected chi connectivity index (χ2v) is 10.1. The van der Waals surface area contributed by atoms with Crippen molar-refractivity contribution in [1.29, 1.82) is 0 Å². The molecule has 2 aromatic carbocycles. The minimum Gasteiger partial charge on any atom is -0.441 e. The molecule has 10 heteroatoms. The van der Waals surface area contributed by atoms with E-state index in [1.54, 1.807) is 59.6 Å².